The Morgan fingerprint density at radius 1 is 1.12 bits per heavy atom. The largest absolute Gasteiger partial charge is 0.496 e. The van der Waals surface area contributed by atoms with Gasteiger partial charge >= 0.3 is 0 Å². The van der Waals surface area contributed by atoms with Crippen LogP contribution in [0.25, 0.3) is 22.1 Å². The summed E-state index contributed by atoms with van der Waals surface area (Å²) in [5.74, 6) is 1.46. The predicted octanol–water partition coefficient (Wildman–Crippen LogP) is 2.78. The number of methoxy groups -OCH3 is 2. The van der Waals surface area contributed by atoms with Crippen LogP contribution in [-0.4, -0.2) is 23.6 Å². The standard InChI is InChI=1S/C19H16N2O3S/c1-11-15(23-2)9-8-12(17(11)24-3)10-16-18(22)21-14-7-5-4-6-13(14)20-19(21)25-16/h4-10H,1-3H3/b16-10-. The van der Waals surface area contributed by atoms with Gasteiger partial charge in [-0.2, -0.15) is 0 Å². The number of aromatic nitrogens is 2. The van der Waals surface area contributed by atoms with E-state index in [4.69, 9.17) is 9.47 Å². The highest BCUT2D eigenvalue weighted by Gasteiger charge is 2.13. The minimum absolute atomic E-state index is 0.0655. The Kier molecular flexibility index (Phi) is 3.69. The van der Waals surface area contributed by atoms with E-state index in [1.54, 1.807) is 18.6 Å². The fourth-order valence-corrected chi connectivity index (χ4v) is 4.03. The molecule has 2 aromatic heterocycles. The van der Waals surface area contributed by atoms with Crippen LogP contribution in [0, 0.1) is 6.92 Å². The van der Waals surface area contributed by atoms with E-state index in [2.05, 4.69) is 4.98 Å². The van der Waals surface area contributed by atoms with Crippen molar-refractivity contribution in [1.82, 2.24) is 9.38 Å². The lowest BCUT2D eigenvalue weighted by Gasteiger charge is -2.12. The molecule has 0 N–H and O–H groups in total. The van der Waals surface area contributed by atoms with E-state index < -0.39 is 0 Å². The van der Waals surface area contributed by atoms with Crippen molar-refractivity contribution >= 4 is 33.4 Å². The second-order valence-electron chi connectivity index (χ2n) is 5.65. The zero-order chi connectivity index (χ0) is 17.6. The Bertz CT molecular complexity index is 1210. The van der Waals surface area contributed by atoms with Gasteiger partial charge in [-0.1, -0.05) is 23.5 Å². The fourth-order valence-electron chi connectivity index (χ4n) is 3.05. The average molecular weight is 352 g/mol. The Labute approximate surface area is 147 Å². The SMILES string of the molecule is COc1ccc(/C=c2\sc3nc4ccccc4n3c2=O)c(OC)c1C. The number of benzene rings is 2. The van der Waals surface area contributed by atoms with E-state index >= 15 is 0 Å². The molecule has 0 saturated heterocycles. The van der Waals surface area contributed by atoms with Crippen LogP contribution in [0.1, 0.15) is 11.1 Å². The van der Waals surface area contributed by atoms with E-state index in [1.807, 2.05) is 49.4 Å². The zero-order valence-electron chi connectivity index (χ0n) is 14.1. The minimum atomic E-state index is -0.0655. The molecule has 0 aliphatic heterocycles. The maximum absolute atomic E-state index is 12.9. The Morgan fingerprint density at radius 3 is 2.68 bits per heavy atom. The highest BCUT2D eigenvalue weighted by Crippen LogP contribution is 2.31. The molecule has 0 fully saturated rings. The number of imidazole rings is 1. The normalized spacial score (nSPS) is 12.2. The number of hydrogen-bond donors (Lipinski definition) is 0. The number of nitrogens with zero attached hydrogens (tertiary/aromatic N) is 2. The molecule has 6 heteroatoms. The fraction of sp³-hybridized carbons (Fsp3) is 0.158. The first-order chi connectivity index (χ1) is 12.1. The second-order valence-corrected chi connectivity index (χ2v) is 6.66. The van der Waals surface area contributed by atoms with Gasteiger partial charge in [-0.25, -0.2) is 9.38 Å². The Morgan fingerprint density at radius 2 is 1.92 bits per heavy atom. The average Bonchev–Trinajstić information content (AvgIpc) is 3.12. The van der Waals surface area contributed by atoms with Gasteiger partial charge in [-0.05, 0) is 37.3 Å². The first-order valence-corrected chi connectivity index (χ1v) is 8.59. The van der Waals surface area contributed by atoms with Crippen molar-refractivity contribution in [3.8, 4) is 11.5 Å². The summed E-state index contributed by atoms with van der Waals surface area (Å²) in [7, 11) is 3.24. The lowest BCUT2D eigenvalue weighted by atomic mass is 10.1. The van der Waals surface area contributed by atoms with Gasteiger partial charge in [0.2, 0.25) is 0 Å². The van der Waals surface area contributed by atoms with Gasteiger partial charge in [0.15, 0.2) is 4.96 Å². The van der Waals surface area contributed by atoms with Crippen molar-refractivity contribution in [2.45, 2.75) is 6.92 Å². The molecule has 2 heterocycles. The minimum Gasteiger partial charge on any atom is -0.496 e. The van der Waals surface area contributed by atoms with E-state index in [0.717, 1.165) is 27.9 Å². The topological polar surface area (TPSA) is 52.8 Å². The summed E-state index contributed by atoms with van der Waals surface area (Å²) >= 11 is 1.38. The third kappa shape index (κ3) is 2.37. The molecule has 0 unspecified atom stereocenters. The van der Waals surface area contributed by atoms with E-state index in [1.165, 1.54) is 11.3 Å². The van der Waals surface area contributed by atoms with Gasteiger partial charge in [0.25, 0.3) is 5.56 Å². The number of hydrogen-bond acceptors (Lipinski definition) is 5. The molecular weight excluding hydrogens is 336 g/mol. The first kappa shape index (κ1) is 15.7. The van der Waals surface area contributed by atoms with Gasteiger partial charge < -0.3 is 9.47 Å². The first-order valence-electron chi connectivity index (χ1n) is 7.77. The van der Waals surface area contributed by atoms with Gasteiger partial charge in [0.1, 0.15) is 11.5 Å². The van der Waals surface area contributed by atoms with Crippen molar-refractivity contribution in [2.24, 2.45) is 0 Å². The van der Waals surface area contributed by atoms with Crippen LogP contribution in [0.5, 0.6) is 11.5 Å². The Balaban J connectivity index is 1.98. The number of thiazole rings is 1. The van der Waals surface area contributed by atoms with E-state index in [9.17, 15) is 4.79 Å². The molecule has 2 aromatic carbocycles. The molecule has 0 atom stereocenters. The number of ether oxygens (including phenoxy) is 2. The van der Waals surface area contributed by atoms with Crippen LogP contribution in [0.15, 0.2) is 41.2 Å². The van der Waals surface area contributed by atoms with Crippen molar-refractivity contribution in [3.63, 3.8) is 0 Å². The van der Waals surface area contributed by atoms with Gasteiger partial charge in [-0.15, -0.1) is 0 Å². The molecule has 4 aromatic rings. The van der Waals surface area contributed by atoms with Crippen LogP contribution < -0.4 is 19.6 Å². The monoisotopic (exact) mass is 352 g/mol. The summed E-state index contributed by atoms with van der Waals surface area (Å²) < 4.78 is 13.1. The molecule has 0 saturated carbocycles. The molecule has 0 amide bonds. The van der Waals surface area contributed by atoms with E-state index in [-0.39, 0.29) is 5.56 Å². The number of rotatable bonds is 3. The molecule has 5 nitrogen and oxygen atoms in total. The highest BCUT2D eigenvalue weighted by atomic mass is 32.1. The molecule has 0 radical (unpaired) electrons. The zero-order valence-corrected chi connectivity index (χ0v) is 14.9. The quantitative estimate of drug-likeness (QED) is 0.569. The van der Waals surface area contributed by atoms with Gasteiger partial charge in [0.05, 0.1) is 29.8 Å². The third-order valence-corrected chi connectivity index (χ3v) is 5.21. The Hall–Kier alpha value is -2.86. The summed E-state index contributed by atoms with van der Waals surface area (Å²) in [6.07, 6.45) is 1.85. The molecule has 126 valence electrons. The predicted molar refractivity (Wildman–Crippen MR) is 99.9 cm³/mol. The number of fused-ring (bicyclic) bond motifs is 3. The van der Waals surface area contributed by atoms with Crippen molar-refractivity contribution in [1.29, 1.82) is 0 Å². The second kappa shape index (κ2) is 5.89. The number of para-hydroxylation sites is 2. The van der Waals surface area contributed by atoms with Crippen molar-refractivity contribution in [3.05, 3.63) is 62.4 Å². The molecule has 0 aliphatic carbocycles. The molecule has 0 spiro atoms. The van der Waals surface area contributed by atoms with E-state index in [0.29, 0.717) is 15.2 Å². The lowest BCUT2D eigenvalue weighted by molar-refractivity contribution is 0.388. The third-order valence-electron chi connectivity index (χ3n) is 4.24. The van der Waals surface area contributed by atoms with Crippen LogP contribution >= 0.6 is 11.3 Å². The summed E-state index contributed by atoms with van der Waals surface area (Å²) in [6.45, 7) is 1.93. The summed E-state index contributed by atoms with van der Waals surface area (Å²) in [6, 6.07) is 11.4. The highest BCUT2D eigenvalue weighted by molar-refractivity contribution is 7.15. The summed E-state index contributed by atoms with van der Waals surface area (Å²) in [5.41, 5.74) is 3.33. The smallest absolute Gasteiger partial charge is 0.274 e. The maximum atomic E-state index is 12.9. The molecular formula is C19H16N2O3S. The van der Waals surface area contributed by atoms with Crippen LogP contribution in [0.2, 0.25) is 0 Å². The van der Waals surface area contributed by atoms with Gasteiger partial charge in [0, 0.05) is 11.1 Å². The molecule has 4 rings (SSSR count). The van der Waals surface area contributed by atoms with Crippen LogP contribution in [0.4, 0.5) is 0 Å². The van der Waals surface area contributed by atoms with Crippen molar-refractivity contribution in [2.75, 3.05) is 14.2 Å². The summed E-state index contributed by atoms with van der Waals surface area (Å²) in [5, 5.41) is 0. The summed E-state index contributed by atoms with van der Waals surface area (Å²) in [4.78, 5) is 18.1. The molecule has 25 heavy (non-hydrogen) atoms. The van der Waals surface area contributed by atoms with Crippen molar-refractivity contribution < 1.29 is 9.47 Å². The van der Waals surface area contributed by atoms with Crippen LogP contribution in [0.3, 0.4) is 0 Å². The lowest BCUT2D eigenvalue weighted by Crippen LogP contribution is -2.22. The molecule has 0 aliphatic rings. The maximum Gasteiger partial charge on any atom is 0.274 e. The van der Waals surface area contributed by atoms with Gasteiger partial charge in [-0.3, -0.25) is 4.79 Å². The van der Waals surface area contributed by atoms with Crippen LogP contribution in [-0.2, 0) is 0 Å². The molecule has 0 bridgehead atoms.